The van der Waals surface area contributed by atoms with Gasteiger partial charge in [-0.1, -0.05) is 23.2 Å². The fraction of sp³-hybridized carbons (Fsp3) is 0. The van der Waals surface area contributed by atoms with E-state index in [1.807, 2.05) is 0 Å². The zero-order valence-corrected chi connectivity index (χ0v) is 14.2. The van der Waals surface area contributed by atoms with Crippen LogP contribution >= 0.6 is 35.4 Å². The van der Waals surface area contributed by atoms with Crippen molar-refractivity contribution in [1.29, 1.82) is 0 Å². The summed E-state index contributed by atoms with van der Waals surface area (Å²) in [5.41, 5.74) is 3.06. The highest BCUT2D eigenvalue weighted by Crippen LogP contribution is 2.25. The van der Waals surface area contributed by atoms with Crippen LogP contribution in [0.5, 0.6) is 5.75 Å². The molecule has 24 heavy (non-hydrogen) atoms. The average Bonchev–Trinajstić information content (AvgIpc) is 2.51. The summed E-state index contributed by atoms with van der Waals surface area (Å²) in [7, 11) is 0. The van der Waals surface area contributed by atoms with E-state index in [1.165, 1.54) is 24.4 Å². The zero-order chi connectivity index (χ0) is 17.7. The Labute approximate surface area is 152 Å². The second-order valence-corrected chi connectivity index (χ2v) is 5.70. The Hall–Kier alpha value is -2.42. The first-order chi connectivity index (χ1) is 11.4. The van der Waals surface area contributed by atoms with Gasteiger partial charge < -0.3 is 10.4 Å². The van der Waals surface area contributed by atoms with Crippen molar-refractivity contribution in [2.45, 2.75) is 0 Å². The van der Waals surface area contributed by atoms with E-state index in [9.17, 15) is 15.2 Å². The lowest BCUT2D eigenvalue weighted by Gasteiger charge is -2.08. The molecular formula is C14H10Cl2N4O3S. The number of hydrogen-bond acceptors (Lipinski definition) is 5. The van der Waals surface area contributed by atoms with Gasteiger partial charge in [-0.05, 0) is 36.5 Å². The monoisotopic (exact) mass is 384 g/mol. The standard InChI is InChI=1S/C14H10Cl2N4O3S/c15-9-1-3-12(11(16)6-9)18-14(24)19-17-7-8-5-10(20(22)23)2-4-13(8)21/h1-7,21H,(H2,18,19,24). The number of rotatable bonds is 4. The predicted molar refractivity (Wildman–Crippen MR) is 98.2 cm³/mol. The number of hydrazone groups is 1. The molecule has 0 atom stereocenters. The first-order valence-corrected chi connectivity index (χ1v) is 7.56. The summed E-state index contributed by atoms with van der Waals surface area (Å²) in [5, 5.41) is 28.0. The molecule has 10 heteroatoms. The molecule has 0 aliphatic rings. The molecule has 0 bridgehead atoms. The van der Waals surface area contributed by atoms with E-state index in [0.29, 0.717) is 15.7 Å². The third-order valence-electron chi connectivity index (χ3n) is 2.77. The first kappa shape index (κ1) is 17.9. The lowest BCUT2D eigenvalue weighted by atomic mass is 10.2. The van der Waals surface area contributed by atoms with Gasteiger partial charge in [-0.2, -0.15) is 5.10 Å². The number of phenols is 1. The molecule has 2 rings (SSSR count). The molecule has 0 aliphatic carbocycles. The summed E-state index contributed by atoms with van der Waals surface area (Å²) in [6, 6.07) is 8.43. The van der Waals surface area contributed by atoms with Crippen molar-refractivity contribution in [3.63, 3.8) is 0 Å². The Bertz CT molecular complexity index is 830. The molecule has 0 saturated heterocycles. The van der Waals surface area contributed by atoms with Crippen LogP contribution in [0.25, 0.3) is 0 Å². The van der Waals surface area contributed by atoms with Crippen molar-refractivity contribution in [3.05, 3.63) is 62.1 Å². The van der Waals surface area contributed by atoms with Crippen LogP contribution in [0.1, 0.15) is 5.56 Å². The third kappa shape index (κ3) is 4.79. The zero-order valence-electron chi connectivity index (χ0n) is 11.9. The Morgan fingerprint density at radius 1 is 1.29 bits per heavy atom. The van der Waals surface area contributed by atoms with Crippen molar-refractivity contribution >= 4 is 58.1 Å². The Morgan fingerprint density at radius 2 is 2.04 bits per heavy atom. The third-order valence-corrected chi connectivity index (χ3v) is 3.51. The van der Waals surface area contributed by atoms with Crippen molar-refractivity contribution < 1.29 is 10.0 Å². The van der Waals surface area contributed by atoms with Crippen LogP contribution in [0, 0.1) is 10.1 Å². The summed E-state index contributed by atoms with van der Waals surface area (Å²) in [4.78, 5) is 10.1. The van der Waals surface area contributed by atoms with E-state index in [4.69, 9.17) is 35.4 Å². The summed E-state index contributed by atoms with van der Waals surface area (Å²) in [6.07, 6.45) is 1.21. The molecule has 124 valence electrons. The van der Waals surface area contributed by atoms with Crippen molar-refractivity contribution in [3.8, 4) is 5.75 Å². The van der Waals surface area contributed by atoms with Gasteiger partial charge in [0.25, 0.3) is 5.69 Å². The number of non-ortho nitro benzene ring substituents is 1. The Morgan fingerprint density at radius 3 is 2.71 bits per heavy atom. The van der Waals surface area contributed by atoms with Gasteiger partial charge in [-0.25, -0.2) is 0 Å². The fourth-order valence-electron chi connectivity index (χ4n) is 1.66. The number of nitrogens with one attached hydrogen (secondary N) is 2. The van der Waals surface area contributed by atoms with Gasteiger partial charge in [-0.3, -0.25) is 15.5 Å². The number of phenolic OH excluding ortho intramolecular Hbond substituents is 1. The van der Waals surface area contributed by atoms with Crippen LogP contribution in [0.3, 0.4) is 0 Å². The number of nitro benzene ring substituents is 1. The van der Waals surface area contributed by atoms with Gasteiger partial charge in [0.05, 0.1) is 21.8 Å². The summed E-state index contributed by atoms with van der Waals surface area (Å²) >= 11 is 16.8. The lowest BCUT2D eigenvalue weighted by Crippen LogP contribution is -2.24. The minimum Gasteiger partial charge on any atom is -0.507 e. The molecule has 0 aromatic heterocycles. The molecule has 0 spiro atoms. The molecule has 0 radical (unpaired) electrons. The van der Waals surface area contributed by atoms with Gasteiger partial charge in [0.1, 0.15) is 5.75 Å². The molecule has 0 unspecified atom stereocenters. The summed E-state index contributed by atoms with van der Waals surface area (Å²) < 4.78 is 0. The van der Waals surface area contributed by atoms with Crippen molar-refractivity contribution in [2.75, 3.05) is 5.32 Å². The first-order valence-electron chi connectivity index (χ1n) is 6.39. The smallest absolute Gasteiger partial charge is 0.270 e. The van der Waals surface area contributed by atoms with Crippen LogP contribution in [0.2, 0.25) is 10.0 Å². The molecule has 2 aromatic carbocycles. The molecular weight excluding hydrogens is 375 g/mol. The van der Waals surface area contributed by atoms with E-state index in [1.54, 1.807) is 18.2 Å². The highest BCUT2D eigenvalue weighted by Gasteiger charge is 2.09. The molecule has 0 fully saturated rings. The summed E-state index contributed by atoms with van der Waals surface area (Å²) in [6.45, 7) is 0. The van der Waals surface area contributed by atoms with Crippen molar-refractivity contribution in [2.24, 2.45) is 5.10 Å². The summed E-state index contributed by atoms with van der Waals surface area (Å²) in [5.74, 6) is -0.147. The number of aromatic hydroxyl groups is 1. The number of benzene rings is 2. The molecule has 7 nitrogen and oxygen atoms in total. The molecule has 3 N–H and O–H groups in total. The van der Waals surface area contributed by atoms with Crippen molar-refractivity contribution in [1.82, 2.24) is 5.43 Å². The largest absolute Gasteiger partial charge is 0.507 e. The van der Waals surface area contributed by atoms with Crippen LogP contribution in [-0.4, -0.2) is 21.4 Å². The normalized spacial score (nSPS) is 10.6. The van der Waals surface area contributed by atoms with Gasteiger partial charge in [0, 0.05) is 22.7 Å². The predicted octanol–water partition coefficient (Wildman–Crippen LogP) is 3.93. The molecule has 0 amide bonds. The number of nitrogens with zero attached hydrogens (tertiary/aromatic N) is 2. The molecule has 2 aromatic rings. The lowest BCUT2D eigenvalue weighted by molar-refractivity contribution is -0.384. The maximum Gasteiger partial charge on any atom is 0.270 e. The molecule has 0 saturated carbocycles. The van der Waals surface area contributed by atoms with Crippen LogP contribution in [0.4, 0.5) is 11.4 Å². The van der Waals surface area contributed by atoms with Gasteiger partial charge in [-0.15, -0.1) is 0 Å². The van der Waals surface area contributed by atoms with Gasteiger partial charge in [0.15, 0.2) is 5.11 Å². The Balaban J connectivity index is 2.02. The maximum atomic E-state index is 10.7. The topological polar surface area (TPSA) is 99.8 Å². The minimum atomic E-state index is -0.571. The average molecular weight is 385 g/mol. The van der Waals surface area contributed by atoms with Crippen LogP contribution in [0.15, 0.2) is 41.5 Å². The quantitative estimate of drug-likeness (QED) is 0.319. The van der Waals surface area contributed by atoms with E-state index >= 15 is 0 Å². The van der Waals surface area contributed by atoms with E-state index in [2.05, 4.69) is 15.8 Å². The fourth-order valence-corrected chi connectivity index (χ4v) is 2.28. The highest BCUT2D eigenvalue weighted by molar-refractivity contribution is 7.80. The van der Waals surface area contributed by atoms with Gasteiger partial charge in [0.2, 0.25) is 0 Å². The second kappa shape index (κ2) is 7.91. The number of anilines is 1. The number of thiocarbonyl (C=S) groups is 1. The number of hydrogen-bond donors (Lipinski definition) is 3. The number of nitro groups is 1. The highest BCUT2D eigenvalue weighted by atomic mass is 35.5. The minimum absolute atomic E-state index is 0.139. The molecule has 0 aliphatic heterocycles. The van der Waals surface area contributed by atoms with E-state index in [-0.39, 0.29) is 22.1 Å². The van der Waals surface area contributed by atoms with Crippen LogP contribution < -0.4 is 10.7 Å². The van der Waals surface area contributed by atoms with E-state index in [0.717, 1.165) is 0 Å². The maximum absolute atomic E-state index is 10.7. The van der Waals surface area contributed by atoms with E-state index < -0.39 is 4.92 Å². The Kier molecular flexibility index (Phi) is 5.91. The number of halogens is 2. The SMILES string of the molecule is O=[N+]([O-])c1ccc(O)c(C=NNC(=S)Nc2ccc(Cl)cc2Cl)c1. The molecule has 0 heterocycles. The second-order valence-electron chi connectivity index (χ2n) is 4.45. The van der Waals surface area contributed by atoms with Gasteiger partial charge >= 0.3 is 0 Å². The van der Waals surface area contributed by atoms with Crippen LogP contribution in [-0.2, 0) is 0 Å².